The molecule has 31 heavy (non-hydrogen) atoms. The standard InChI is InChI=1S/C25H24N2O4/c1-15-6-4-5-7-19(15)23-22-20(12-17(13-21(22)26)25(29)31-3)24(28)27(23)14-16-8-10-18(30-2)11-9-16/h4-13,23H,14,26H2,1-3H3. The minimum absolute atomic E-state index is 0.170. The van der Waals surface area contributed by atoms with Crippen molar-refractivity contribution in [2.24, 2.45) is 0 Å². The minimum Gasteiger partial charge on any atom is -0.497 e. The number of ether oxygens (including phenoxy) is 2. The van der Waals surface area contributed by atoms with Gasteiger partial charge in [0, 0.05) is 23.4 Å². The zero-order valence-electron chi connectivity index (χ0n) is 17.7. The molecule has 0 saturated carbocycles. The van der Waals surface area contributed by atoms with Crippen LogP contribution in [0, 0.1) is 6.92 Å². The number of hydrogen-bond donors (Lipinski definition) is 1. The van der Waals surface area contributed by atoms with E-state index in [-0.39, 0.29) is 17.5 Å². The van der Waals surface area contributed by atoms with E-state index < -0.39 is 5.97 Å². The van der Waals surface area contributed by atoms with Gasteiger partial charge in [-0.25, -0.2) is 4.79 Å². The van der Waals surface area contributed by atoms with Crippen molar-refractivity contribution in [3.8, 4) is 5.75 Å². The quantitative estimate of drug-likeness (QED) is 0.500. The lowest BCUT2D eigenvalue weighted by Gasteiger charge is -2.27. The maximum Gasteiger partial charge on any atom is 0.337 e. The van der Waals surface area contributed by atoms with E-state index in [2.05, 4.69) is 0 Å². The number of amides is 1. The van der Waals surface area contributed by atoms with Gasteiger partial charge in [-0.3, -0.25) is 4.79 Å². The minimum atomic E-state index is -0.525. The van der Waals surface area contributed by atoms with E-state index in [0.29, 0.717) is 17.8 Å². The Balaban J connectivity index is 1.84. The highest BCUT2D eigenvalue weighted by atomic mass is 16.5. The van der Waals surface area contributed by atoms with Gasteiger partial charge in [-0.15, -0.1) is 0 Å². The smallest absolute Gasteiger partial charge is 0.337 e. The summed E-state index contributed by atoms with van der Waals surface area (Å²) in [5, 5.41) is 0. The van der Waals surface area contributed by atoms with Crippen LogP contribution in [0.4, 0.5) is 5.69 Å². The zero-order chi connectivity index (χ0) is 22.1. The van der Waals surface area contributed by atoms with Crippen LogP contribution in [0.15, 0.2) is 60.7 Å². The van der Waals surface area contributed by atoms with Crippen LogP contribution in [0.5, 0.6) is 5.75 Å². The number of carbonyl (C=O) groups excluding carboxylic acids is 2. The number of fused-ring (bicyclic) bond motifs is 1. The van der Waals surface area contributed by atoms with Gasteiger partial charge in [0.1, 0.15) is 5.75 Å². The number of anilines is 1. The molecule has 0 spiro atoms. The number of hydrogen-bond acceptors (Lipinski definition) is 5. The van der Waals surface area contributed by atoms with Crippen LogP contribution < -0.4 is 10.5 Å². The van der Waals surface area contributed by atoms with Gasteiger partial charge in [0.05, 0.1) is 25.8 Å². The molecule has 0 bridgehead atoms. The summed E-state index contributed by atoms with van der Waals surface area (Å²) in [7, 11) is 2.92. The molecule has 1 heterocycles. The molecular weight excluding hydrogens is 392 g/mol. The fourth-order valence-corrected chi connectivity index (χ4v) is 4.13. The molecule has 3 aromatic rings. The van der Waals surface area contributed by atoms with E-state index in [9.17, 15) is 9.59 Å². The summed E-state index contributed by atoms with van der Waals surface area (Å²) in [5.74, 6) is 0.0575. The number of nitrogen functional groups attached to an aromatic ring is 1. The molecule has 0 aliphatic carbocycles. The van der Waals surface area contributed by atoms with Crippen molar-refractivity contribution in [1.29, 1.82) is 0 Å². The number of rotatable bonds is 5. The maximum absolute atomic E-state index is 13.5. The molecule has 158 valence electrons. The van der Waals surface area contributed by atoms with E-state index in [1.54, 1.807) is 24.1 Å². The van der Waals surface area contributed by atoms with Crippen LogP contribution in [0.25, 0.3) is 0 Å². The average molecular weight is 416 g/mol. The number of benzene rings is 3. The van der Waals surface area contributed by atoms with Crippen molar-refractivity contribution in [3.63, 3.8) is 0 Å². The highest BCUT2D eigenvalue weighted by Crippen LogP contribution is 2.44. The van der Waals surface area contributed by atoms with Crippen molar-refractivity contribution in [2.75, 3.05) is 20.0 Å². The number of aryl methyl sites for hydroxylation is 1. The van der Waals surface area contributed by atoms with Gasteiger partial charge in [0.15, 0.2) is 0 Å². The van der Waals surface area contributed by atoms with Crippen molar-refractivity contribution in [3.05, 3.63) is 94.0 Å². The molecule has 0 radical (unpaired) electrons. The summed E-state index contributed by atoms with van der Waals surface area (Å²) < 4.78 is 10.1. The first-order chi connectivity index (χ1) is 14.9. The van der Waals surface area contributed by atoms with Crippen LogP contribution in [-0.2, 0) is 11.3 Å². The first kappa shape index (κ1) is 20.5. The predicted molar refractivity (Wildman–Crippen MR) is 118 cm³/mol. The van der Waals surface area contributed by atoms with Crippen molar-refractivity contribution >= 4 is 17.6 Å². The van der Waals surface area contributed by atoms with Gasteiger partial charge >= 0.3 is 5.97 Å². The Morgan fingerprint density at radius 1 is 1.06 bits per heavy atom. The summed E-state index contributed by atoms with van der Waals surface area (Å²) in [6, 6.07) is 18.4. The van der Waals surface area contributed by atoms with Gasteiger partial charge < -0.3 is 20.1 Å². The first-order valence-corrected chi connectivity index (χ1v) is 9.95. The second-order valence-corrected chi connectivity index (χ2v) is 7.56. The molecule has 6 nitrogen and oxygen atoms in total. The van der Waals surface area contributed by atoms with Gasteiger partial charge in [-0.05, 0) is 47.9 Å². The lowest BCUT2D eigenvalue weighted by atomic mass is 9.92. The third-order valence-corrected chi connectivity index (χ3v) is 5.70. The monoisotopic (exact) mass is 416 g/mol. The van der Waals surface area contributed by atoms with Crippen molar-refractivity contribution in [2.45, 2.75) is 19.5 Å². The Bertz CT molecular complexity index is 1150. The van der Waals surface area contributed by atoms with Crippen LogP contribution in [-0.4, -0.2) is 31.0 Å². The highest BCUT2D eigenvalue weighted by molar-refractivity contribution is 6.04. The van der Waals surface area contributed by atoms with E-state index in [1.807, 2.05) is 55.5 Å². The molecule has 4 rings (SSSR count). The third-order valence-electron chi connectivity index (χ3n) is 5.70. The maximum atomic E-state index is 13.5. The summed E-state index contributed by atoms with van der Waals surface area (Å²) >= 11 is 0. The Morgan fingerprint density at radius 2 is 1.77 bits per heavy atom. The second-order valence-electron chi connectivity index (χ2n) is 7.56. The fourth-order valence-electron chi connectivity index (χ4n) is 4.13. The number of carbonyl (C=O) groups is 2. The molecule has 1 amide bonds. The molecule has 2 N–H and O–H groups in total. The Morgan fingerprint density at radius 3 is 2.42 bits per heavy atom. The number of nitrogens with two attached hydrogens (primary N) is 1. The summed E-state index contributed by atoms with van der Waals surface area (Å²) in [4.78, 5) is 27.4. The van der Waals surface area contributed by atoms with Crippen molar-refractivity contribution in [1.82, 2.24) is 4.90 Å². The van der Waals surface area contributed by atoms with Crippen molar-refractivity contribution < 1.29 is 19.1 Å². The fraction of sp³-hybridized carbons (Fsp3) is 0.200. The Kier molecular flexibility index (Phi) is 5.38. The number of methoxy groups -OCH3 is 2. The molecule has 0 saturated heterocycles. The molecule has 0 fully saturated rings. The largest absolute Gasteiger partial charge is 0.497 e. The molecule has 1 atom stereocenters. The second kappa shape index (κ2) is 8.14. The van der Waals surface area contributed by atoms with Crippen LogP contribution in [0.3, 0.4) is 0 Å². The third kappa shape index (κ3) is 3.61. The van der Waals surface area contributed by atoms with E-state index in [4.69, 9.17) is 15.2 Å². The van der Waals surface area contributed by atoms with Gasteiger partial charge in [-0.1, -0.05) is 36.4 Å². The normalized spacial score (nSPS) is 15.0. The molecule has 6 heteroatoms. The van der Waals surface area contributed by atoms with Gasteiger partial charge in [0.2, 0.25) is 0 Å². The van der Waals surface area contributed by atoms with Gasteiger partial charge in [-0.2, -0.15) is 0 Å². The molecular formula is C25H24N2O4. The highest BCUT2D eigenvalue weighted by Gasteiger charge is 2.40. The SMILES string of the molecule is COC(=O)c1cc(N)c2c(c1)C(=O)N(Cc1ccc(OC)cc1)C2c1ccccc1C. The number of nitrogens with zero attached hydrogens (tertiary/aromatic N) is 1. The van der Waals surface area contributed by atoms with E-state index >= 15 is 0 Å². The predicted octanol–water partition coefficient (Wildman–Crippen LogP) is 4.12. The van der Waals surface area contributed by atoms with Crippen LogP contribution in [0.1, 0.15) is 49.0 Å². The Labute approximate surface area is 181 Å². The lowest BCUT2D eigenvalue weighted by molar-refractivity contribution is 0.0600. The summed E-state index contributed by atoms with van der Waals surface area (Å²) in [6.45, 7) is 2.41. The summed E-state index contributed by atoms with van der Waals surface area (Å²) in [6.07, 6.45) is 0. The first-order valence-electron chi connectivity index (χ1n) is 9.95. The lowest BCUT2D eigenvalue weighted by Crippen LogP contribution is -2.28. The average Bonchev–Trinajstić information content (AvgIpc) is 3.06. The molecule has 1 unspecified atom stereocenters. The molecule has 0 aromatic heterocycles. The molecule has 1 aliphatic heterocycles. The van der Waals surface area contributed by atoms with Crippen LogP contribution >= 0.6 is 0 Å². The number of esters is 1. The zero-order valence-corrected chi connectivity index (χ0v) is 17.7. The molecule has 1 aliphatic rings. The molecule has 3 aromatic carbocycles. The Hall–Kier alpha value is -3.80. The van der Waals surface area contributed by atoms with Crippen LogP contribution in [0.2, 0.25) is 0 Å². The summed E-state index contributed by atoms with van der Waals surface area (Å²) in [5.41, 5.74) is 11.2. The van der Waals surface area contributed by atoms with Gasteiger partial charge in [0.25, 0.3) is 5.91 Å². The van der Waals surface area contributed by atoms with E-state index in [1.165, 1.54) is 7.11 Å². The van der Waals surface area contributed by atoms with E-state index in [0.717, 1.165) is 28.0 Å². The topological polar surface area (TPSA) is 81.9 Å².